The number of hydrogen-bond donors (Lipinski definition) is 1. The predicted molar refractivity (Wildman–Crippen MR) is 81.6 cm³/mol. The van der Waals surface area contributed by atoms with Gasteiger partial charge in [0.15, 0.2) is 0 Å². The maximum absolute atomic E-state index is 12.7. The average Bonchev–Trinajstić information content (AvgIpc) is 2.78. The smallest absolute Gasteiger partial charge is 0.255 e. The Kier molecular flexibility index (Phi) is 4.08. The van der Waals surface area contributed by atoms with E-state index in [1.165, 1.54) is 12.8 Å². The Labute approximate surface area is 128 Å². The number of nitrogens with zero attached hydrogens (tertiary/aromatic N) is 2. The Bertz CT molecular complexity index is 496. The maximum atomic E-state index is 12.7. The third-order valence-corrected chi connectivity index (χ3v) is 4.88. The monoisotopic (exact) mass is 337 g/mol. The zero-order valence-corrected chi connectivity index (χ0v) is 13.3. The van der Waals surface area contributed by atoms with Crippen LogP contribution in [0.5, 0.6) is 0 Å². The van der Waals surface area contributed by atoms with Crippen molar-refractivity contribution in [3.8, 4) is 0 Å². The minimum absolute atomic E-state index is 0.104. The molecule has 2 atom stereocenters. The summed E-state index contributed by atoms with van der Waals surface area (Å²) in [5, 5.41) is 3.63. The third-order valence-electron chi connectivity index (χ3n) is 4.44. The lowest BCUT2D eigenvalue weighted by Gasteiger charge is -2.37. The lowest BCUT2D eigenvalue weighted by atomic mass is 9.97. The van der Waals surface area contributed by atoms with Crippen molar-refractivity contribution in [1.29, 1.82) is 0 Å². The summed E-state index contributed by atoms with van der Waals surface area (Å²) < 4.78 is 0.852. The van der Waals surface area contributed by atoms with Gasteiger partial charge in [0.05, 0.1) is 5.56 Å². The van der Waals surface area contributed by atoms with Gasteiger partial charge in [-0.05, 0) is 54.6 Å². The van der Waals surface area contributed by atoms with Gasteiger partial charge in [0.25, 0.3) is 5.91 Å². The highest BCUT2D eigenvalue weighted by atomic mass is 79.9. The Morgan fingerprint density at radius 3 is 2.70 bits per heavy atom. The van der Waals surface area contributed by atoms with Crippen molar-refractivity contribution in [1.82, 2.24) is 15.2 Å². The van der Waals surface area contributed by atoms with E-state index in [-0.39, 0.29) is 5.91 Å². The molecule has 5 heteroatoms. The van der Waals surface area contributed by atoms with Crippen molar-refractivity contribution in [3.63, 3.8) is 0 Å². The quantitative estimate of drug-likeness (QED) is 0.921. The highest BCUT2D eigenvalue weighted by Crippen LogP contribution is 2.30. The summed E-state index contributed by atoms with van der Waals surface area (Å²) in [6, 6.07) is 3.42. The molecular formula is C15H20BrN3O. The molecule has 0 aromatic carbocycles. The van der Waals surface area contributed by atoms with Crippen molar-refractivity contribution < 1.29 is 4.79 Å². The van der Waals surface area contributed by atoms with Crippen molar-refractivity contribution in [2.24, 2.45) is 0 Å². The van der Waals surface area contributed by atoms with Gasteiger partial charge in [-0.25, -0.2) is 0 Å². The third kappa shape index (κ3) is 2.74. The van der Waals surface area contributed by atoms with Gasteiger partial charge in [0.2, 0.25) is 0 Å². The van der Waals surface area contributed by atoms with Gasteiger partial charge in [-0.15, -0.1) is 0 Å². The van der Waals surface area contributed by atoms with Crippen LogP contribution in [0.15, 0.2) is 22.9 Å². The highest BCUT2D eigenvalue weighted by Gasteiger charge is 2.37. The van der Waals surface area contributed by atoms with Crippen molar-refractivity contribution in [2.75, 3.05) is 6.54 Å². The predicted octanol–water partition coefficient (Wildman–Crippen LogP) is 2.59. The molecule has 1 aromatic heterocycles. The molecule has 4 nitrogen and oxygen atoms in total. The maximum Gasteiger partial charge on any atom is 0.255 e. The van der Waals surface area contributed by atoms with E-state index in [0.29, 0.717) is 23.7 Å². The molecular weight excluding hydrogens is 318 g/mol. The van der Waals surface area contributed by atoms with Gasteiger partial charge < -0.3 is 10.2 Å². The molecule has 3 rings (SSSR count). The zero-order chi connectivity index (χ0) is 14.1. The molecule has 2 aliphatic rings. The second-order valence-corrected chi connectivity index (χ2v) is 6.66. The summed E-state index contributed by atoms with van der Waals surface area (Å²) in [6.07, 6.45) is 8.04. The van der Waals surface area contributed by atoms with Crippen LogP contribution in [-0.4, -0.2) is 40.5 Å². The van der Waals surface area contributed by atoms with E-state index in [1.807, 2.05) is 11.0 Å². The molecule has 0 radical (unpaired) electrons. The first kappa shape index (κ1) is 14.0. The number of fused-ring (bicyclic) bond motifs is 2. The fraction of sp³-hybridized carbons (Fsp3) is 0.600. The first-order chi connectivity index (χ1) is 9.67. The molecule has 2 fully saturated rings. The number of rotatable bonds is 3. The molecule has 20 heavy (non-hydrogen) atoms. The van der Waals surface area contributed by atoms with Crippen LogP contribution in [0.25, 0.3) is 0 Å². The van der Waals surface area contributed by atoms with Crippen LogP contribution in [0.1, 0.15) is 43.0 Å². The van der Waals surface area contributed by atoms with Crippen LogP contribution >= 0.6 is 15.9 Å². The molecule has 1 amide bonds. The molecule has 2 unspecified atom stereocenters. The van der Waals surface area contributed by atoms with E-state index in [0.717, 1.165) is 23.9 Å². The molecule has 2 bridgehead atoms. The second kappa shape index (κ2) is 5.82. The van der Waals surface area contributed by atoms with E-state index < -0.39 is 0 Å². The largest absolute Gasteiger partial charge is 0.336 e. The topological polar surface area (TPSA) is 45.2 Å². The SMILES string of the molecule is CCN(C(=O)c1cncc(Br)c1)C1CC2CCC(C1)N2. The van der Waals surface area contributed by atoms with Crippen molar-refractivity contribution >= 4 is 21.8 Å². The number of halogens is 1. The van der Waals surface area contributed by atoms with Crippen LogP contribution in [-0.2, 0) is 0 Å². The lowest BCUT2D eigenvalue weighted by Crippen LogP contribution is -2.50. The number of carbonyl (C=O) groups is 1. The normalized spacial score (nSPS) is 28.4. The molecule has 0 aliphatic carbocycles. The molecule has 108 valence electrons. The van der Waals surface area contributed by atoms with Gasteiger partial charge in [0, 0.05) is 41.5 Å². The number of aromatic nitrogens is 1. The van der Waals surface area contributed by atoms with Crippen LogP contribution < -0.4 is 5.32 Å². The van der Waals surface area contributed by atoms with Crippen LogP contribution in [0.3, 0.4) is 0 Å². The number of piperidine rings is 1. The molecule has 3 heterocycles. The molecule has 2 aliphatic heterocycles. The second-order valence-electron chi connectivity index (χ2n) is 5.75. The number of amides is 1. The van der Waals surface area contributed by atoms with Gasteiger partial charge >= 0.3 is 0 Å². The first-order valence-electron chi connectivity index (χ1n) is 7.35. The summed E-state index contributed by atoms with van der Waals surface area (Å²) in [6.45, 7) is 2.82. The van der Waals surface area contributed by atoms with Crippen LogP contribution in [0, 0.1) is 0 Å². The van der Waals surface area contributed by atoms with Gasteiger partial charge in [-0.2, -0.15) is 0 Å². The summed E-state index contributed by atoms with van der Waals surface area (Å²) in [4.78, 5) is 18.8. The van der Waals surface area contributed by atoms with E-state index in [4.69, 9.17) is 0 Å². The van der Waals surface area contributed by atoms with Crippen molar-refractivity contribution in [3.05, 3.63) is 28.5 Å². The minimum atomic E-state index is 0.104. The lowest BCUT2D eigenvalue weighted by molar-refractivity contribution is 0.0630. The number of hydrogen-bond acceptors (Lipinski definition) is 3. The molecule has 2 saturated heterocycles. The fourth-order valence-electron chi connectivity index (χ4n) is 3.54. The minimum Gasteiger partial charge on any atom is -0.336 e. The fourth-order valence-corrected chi connectivity index (χ4v) is 3.91. The first-order valence-corrected chi connectivity index (χ1v) is 8.14. The van der Waals surface area contributed by atoms with E-state index in [1.54, 1.807) is 12.4 Å². The Morgan fingerprint density at radius 2 is 2.10 bits per heavy atom. The van der Waals surface area contributed by atoms with E-state index in [9.17, 15) is 4.79 Å². The van der Waals surface area contributed by atoms with E-state index >= 15 is 0 Å². The average molecular weight is 338 g/mol. The number of carbonyl (C=O) groups excluding carboxylic acids is 1. The molecule has 0 saturated carbocycles. The highest BCUT2D eigenvalue weighted by molar-refractivity contribution is 9.10. The summed E-state index contributed by atoms with van der Waals surface area (Å²) in [5.41, 5.74) is 0.673. The summed E-state index contributed by atoms with van der Waals surface area (Å²) >= 11 is 3.38. The Morgan fingerprint density at radius 1 is 1.40 bits per heavy atom. The summed E-state index contributed by atoms with van der Waals surface area (Å²) in [5.74, 6) is 0.104. The Balaban J connectivity index is 1.77. The van der Waals surface area contributed by atoms with Crippen LogP contribution in [0.2, 0.25) is 0 Å². The standard InChI is InChI=1S/C15H20BrN3O/c1-2-19(14-6-12-3-4-13(7-14)18-12)15(20)10-5-11(16)9-17-8-10/h5,8-9,12-14,18H,2-4,6-7H2,1H3. The number of nitrogens with one attached hydrogen (secondary N) is 1. The van der Waals surface area contributed by atoms with Gasteiger partial charge in [0.1, 0.15) is 0 Å². The molecule has 0 spiro atoms. The van der Waals surface area contributed by atoms with E-state index in [2.05, 4.69) is 33.2 Å². The van der Waals surface area contributed by atoms with Crippen molar-refractivity contribution in [2.45, 2.75) is 50.7 Å². The molecule has 1 N–H and O–H groups in total. The van der Waals surface area contributed by atoms with Crippen LogP contribution in [0.4, 0.5) is 0 Å². The van der Waals surface area contributed by atoms with Gasteiger partial charge in [-0.1, -0.05) is 0 Å². The molecule has 1 aromatic rings. The van der Waals surface area contributed by atoms with Gasteiger partial charge in [-0.3, -0.25) is 9.78 Å². The summed E-state index contributed by atoms with van der Waals surface area (Å²) in [7, 11) is 0. The Hall–Kier alpha value is -0.940. The zero-order valence-electron chi connectivity index (χ0n) is 11.7. The number of pyridine rings is 1.